The lowest BCUT2D eigenvalue weighted by atomic mass is 10.0. The normalized spacial score (nSPS) is 24.3. The highest BCUT2D eigenvalue weighted by molar-refractivity contribution is 7.88. The molecule has 1 fully saturated rings. The van der Waals surface area contributed by atoms with Crippen molar-refractivity contribution >= 4 is 10.0 Å². The van der Waals surface area contributed by atoms with Crippen LogP contribution in [0.4, 0.5) is 0 Å². The lowest BCUT2D eigenvalue weighted by Crippen LogP contribution is -2.48. The van der Waals surface area contributed by atoms with Gasteiger partial charge in [0, 0.05) is 25.7 Å². The molecule has 0 amide bonds. The lowest BCUT2D eigenvalue weighted by molar-refractivity contribution is 0.154. The van der Waals surface area contributed by atoms with Crippen LogP contribution >= 0.6 is 0 Å². The van der Waals surface area contributed by atoms with Gasteiger partial charge in [-0.05, 0) is 19.4 Å². The zero-order valence-corrected chi connectivity index (χ0v) is 10.1. The summed E-state index contributed by atoms with van der Waals surface area (Å²) in [6, 6.07) is 0.317. The average molecular weight is 235 g/mol. The Hall–Kier alpha value is -0.170. The van der Waals surface area contributed by atoms with Gasteiger partial charge in [0.25, 0.3) is 0 Å². The van der Waals surface area contributed by atoms with Crippen LogP contribution in [0.5, 0.6) is 0 Å². The second-order valence-corrected chi connectivity index (χ2v) is 5.93. The van der Waals surface area contributed by atoms with E-state index in [2.05, 4.69) is 9.62 Å². The highest BCUT2D eigenvalue weighted by Crippen LogP contribution is 2.15. The number of nitrogens with zero attached hydrogens (tertiary/aromatic N) is 1. The van der Waals surface area contributed by atoms with Crippen molar-refractivity contribution in [2.45, 2.75) is 25.3 Å². The molecule has 3 N–H and O–H groups in total. The van der Waals surface area contributed by atoms with Crippen LogP contribution in [0.15, 0.2) is 0 Å². The third-order valence-corrected chi connectivity index (χ3v) is 3.44. The molecule has 5 nitrogen and oxygen atoms in total. The highest BCUT2D eigenvalue weighted by Gasteiger charge is 2.22. The van der Waals surface area contributed by atoms with E-state index in [1.165, 1.54) is 19.1 Å². The summed E-state index contributed by atoms with van der Waals surface area (Å²) in [6.07, 6.45) is 4.62. The first-order valence-corrected chi connectivity index (χ1v) is 7.31. The molecule has 6 heteroatoms. The molecule has 0 saturated carbocycles. The summed E-state index contributed by atoms with van der Waals surface area (Å²) in [5.41, 5.74) is 5.52. The van der Waals surface area contributed by atoms with Gasteiger partial charge in [-0.25, -0.2) is 13.1 Å². The van der Waals surface area contributed by atoms with E-state index in [0.717, 1.165) is 19.5 Å². The maximum Gasteiger partial charge on any atom is 0.208 e. The molecule has 1 aliphatic heterocycles. The standard InChI is InChI=1S/C9H21N3O2S/c1-15(13,14)11-8-9-4-2-3-6-12(9)7-5-10/h9,11H,2-8,10H2,1H3. The molecule has 0 aromatic heterocycles. The van der Waals surface area contributed by atoms with Crippen LogP contribution in [0.1, 0.15) is 19.3 Å². The van der Waals surface area contributed by atoms with Gasteiger partial charge < -0.3 is 5.73 Å². The van der Waals surface area contributed by atoms with E-state index >= 15 is 0 Å². The Morgan fingerprint density at radius 2 is 2.20 bits per heavy atom. The summed E-state index contributed by atoms with van der Waals surface area (Å²) < 4.78 is 24.5. The number of rotatable bonds is 5. The van der Waals surface area contributed by atoms with E-state index in [9.17, 15) is 8.42 Å². The van der Waals surface area contributed by atoms with Gasteiger partial charge >= 0.3 is 0 Å². The summed E-state index contributed by atoms with van der Waals surface area (Å²) in [4.78, 5) is 2.28. The molecule has 1 saturated heterocycles. The van der Waals surface area contributed by atoms with E-state index in [4.69, 9.17) is 5.73 Å². The lowest BCUT2D eigenvalue weighted by Gasteiger charge is -2.35. The molecule has 0 aromatic rings. The van der Waals surface area contributed by atoms with E-state index in [1.807, 2.05) is 0 Å². The molecular weight excluding hydrogens is 214 g/mol. The monoisotopic (exact) mass is 235 g/mol. The SMILES string of the molecule is CS(=O)(=O)NCC1CCCCN1CCN. The van der Waals surface area contributed by atoms with Crippen LogP contribution < -0.4 is 10.5 Å². The fourth-order valence-electron chi connectivity index (χ4n) is 2.00. The molecule has 0 spiro atoms. The minimum absolute atomic E-state index is 0.317. The van der Waals surface area contributed by atoms with Crippen molar-refractivity contribution in [3.8, 4) is 0 Å². The molecule has 1 unspecified atom stereocenters. The van der Waals surface area contributed by atoms with Crippen molar-refractivity contribution in [1.29, 1.82) is 0 Å². The Labute approximate surface area is 92.1 Å². The fourth-order valence-corrected chi connectivity index (χ4v) is 2.49. The van der Waals surface area contributed by atoms with E-state index in [0.29, 0.717) is 19.1 Å². The summed E-state index contributed by atoms with van der Waals surface area (Å²) in [7, 11) is -3.07. The Morgan fingerprint density at radius 3 is 2.80 bits per heavy atom. The van der Waals surface area contributed by atoms with Crippen molar-refractivity contribution < 1.29 is 8.42 Å². The molecule has 1 heterocycles. The molecule has 1 atom stereocenters. The van der Waals surface area contributed by atoms with Crippen molar-refractivity contribution in [3.05, 3.63) is 0 Å². The third-order valence-electron chi connectivity index (χ3n) is 2.75. The summed E-state index contributed by atoms with van der Waals surface area (Å²) in [5, 5.41) is 0. The predicted octanol–water partition coefficient (Wildman–Crippen LogP) is -0.651. The molecule has 1 rings (SSSR count). The summed E-state index contributed by atoms with van der Waals surface area (Å²) in [6.45, 7) is 3.04. The number of sulfonamides is 1. The van der Waals surface area contributed by atoms with Crippen molar-refractivity contribution in [3.63, 3.8) is 0 Å². The maximum atomic E-state index is 11.0. The van der Waals surface area contributed by atoms with Gasteiger partial charge in [-0.1, -0.05) is 6.42 Å². The minimum Gasteiger partial charge on any atom is -0.329 e. The Morgan fingerprint density at radius 1 is 1.47 bits per heavy atom. The van der Waals surface area contributed by atoms with Gasteiger partial charge in [-0.15, -0.1) is 0 Å². The van der Waals surface area contributed by atoms with E-state index in [1.54, 1.807) is 0 Å². The molecule has 0 aromatic carbocycles. The molecule has 1 aliphatic rings. The molecule has 0 radical (unpaired) electrons. The Balaban J connectivity index is 2.42. The maximum absolute atomic E-state index is 11.0. The first-order valence-electron chi connectivity index (χ1n) is 5.41. The highest BCUT2D eigenvalue weighted by atomic mass is 32.2. The molecular formula is C9H21N3O2S. The van der Waals surface area contributed by atoms with Crippen LogP contribution in [0.3, 0.4) is 0 Å². The van der Waals surface area contributed by atoms with Gasteiger partial charge in [0.2, 0.25) is 10.0 Å². The quantitative estimate of drug-likeness (QED) is 0.664. The first-order chi connectivity index (χ1) is 7.03. The van der Waals surface area contributed by atoms with Crippen LogP contribution in [0.25, 0.3) is 0 Å². The van der Waals surface area contributed by atoms with Gasteiger partial charge in [0.05, 0.1) is 6.26 Å². The van der Waals surface area contributed by atoms with Gasteiger partial charge in [-0.2, -0.15) is 0 Å². The number of nitrogens with one attached hydrogen (secondary N) is 1. The minimum atomic E-state index is -3.07. The summed E-state index contributed by atoms with van der Waals surface area (Å²) in [5.74, 6) is 0. The van der Waals surface area contributed by atoms with Crippen LogP contribution in [0, 0.1) is 0 Å². The van der Waals surface area contributed by atoms with Gasteiger partial charge in [0.1, 0.15) is 0 Å². The average Bonchev–Trinajstić information content (AvgIpc) is 2.16. The second-order valence-electron chi connectivity index (χ2n) is 4.09. The topological polar surface area (TPSA) is 75.4 Å². The van der Waals surface area contributed by atoms with Gasteiger partial charge in [0.15, 0.2) is 0 Å². The number of hydrogen-bond acceptors (Lipinski definition) is 4. The predicted molar refractivity (Wildman–Crippen MR) is 61.1 cm³/mol. The second kappa shape index (κ2) is 5.79. The number of likely N-dealkylation sites (tertiary alicyclic amines) is 1. The van der Waals surface area contributed by atoms with Crippen LogP contribution in [0.2, 0.25) is 0 Å². The molecule has 15 heavy (non-hydrogen) atoms. The van der Waals surface area contributed by atoms with E-state index in [-0.39, 0.29) is 0 Å². The van der Waals surface area contributed by atoms with Crippen molar-refractivity contribution in [2.24, 2.45) is 5.73 Å². The number of piperidine rings is 1. The van der Waals surface area contributed by atoms with Crippen LogP contribution in [-0.4, -0.2) is 51.8 Å². The molecule has 0 bridgehead atoms. The third kappa shape index (κ3) is 4.92. The largest absolute Gasteiger partial charge is 0.329 e. The first kappa shape index (κ1) is 12.9. The summed E-state index contributed by atoms with van der Waals surface area (Å²) >= 11 is 0. The van der Waals surface area contributed by atoms with Crippen LogP contribution in [-0.2, 0) is 10.0 Å². The molecule has 0 aliphatic carbocycles. The molecule has 90 valence electrons. The Kier molecular flexibility index (Phi) is 4.98. The number of nitrogens with two attached hydrogens (primary N) is 1. The smallest absolute Gasteiger partial charge is 0.208 e. The van der Waals surface area contributed by atoms with Crippen molar-refractivity contribution in [1.82, 2.24) is 9.62 Å². The van der Waals surface area contributed by atoms with Crippen molar-refractivity contribution in [2.75, 3.05) is 32.4 Å². The fraction of sp³-hybridized carbons (Fsp3) is 1.00. The Bertz CT molecular complexity index is 277. The zero-order valence-electron chi connectivity index (χ0n) is 9.28. The zero-order chi connectivity index (χ0) is 11.3. The van der Waals surface area contributed by atoms with Gasteiger partial charge in [-0.3, -0.25) is 4.90 Å². The van der Waals surface area contributed by atoms with E-state index < -0.39 is 10.0 Å². The number of hydrogen-bond donors (Lipinski definition) is 2.